The predicted octanol–water partition coefficient (Wildman–Crippen LogP) is 2.59. The van der Waals surface area contributed by atoms with Gasteiger partial charge in [0.1, 0.15) is 6.04 Å². The summed E-state index contributed by atoms with van der Waals surface area (Å²) in [5, 5.41) is 12.5. The van der Waals surface area contributed by atoms with Crippen LogP contribution < -0.4 is 5.32 Å². The molecule has 0 aliphatic heterocycles. The Balaban J connectivity index is 2.49. The monoisotopic (exact) mass is 299 g/mol. The van der Waals surface area contributed by atoms with Crippen LogP contribution in [0.1, 0.15) is 59.3 Å². The van der Waals surface area contributed by atoms with Gasteiger partial charge >= 0.3 is 11.9 Å². The molecule has 0 radical (unpaired) electrons. The van der Waals surface area contributed by atoms with Gasteiger partial charge in [-0.25, -0.2) is 0 Å². The molecule has 0 aromatic rings. The molecule has 1 aliphatic carbocycles. The Kier molecular flexibility index (Phi) is 7.72. The summed E-state index contributed by atoms with van der Waals surface area (Å²) < 4.78 is 5.11. The maximum Gasteiger partial charge on any atom is 0.320 e. The number of rotatable bonds is 8. The number of carboxylic acid groups (broad SMARTS) is 1. The molecule has 5 nitrogen and oxygen atoms in total. The lowest BCUT2D eigenvalue weighted by Crippen LogP contribution is -2.47. The Morgan fingerprint density at radius 2 is 2.05 bits per heavy atom. The van der Waals surface area contributed by atoms with Gasteiger partial charge in [0.15, 0.2) is 0 Å². The number of hydrogen-bond donors (Lipinski definition) is 2. The normalized spacial score (nSPS) is 27.1. The molecule has 1 saturated carbocycles. The van der Waals surface area contributed by atoms with E-state index in [-0.39, 0.29) is 23.8 Å². The zero-order valence-corrected chi connectivity index (χ0v) is 13.4. The Bertz CT molecular complexity index is 345. The smallest absolute Gasteiger partial charge is 0.320 e. The summed E-state index contributed by atoms with van der Waals surface area (Å²) in [5.74, 6) is -0.689. The third kappa shape index (κ3) is 5.65. The van der Waals surface area contributed by atoms with Crippen LogP contribution in [0.15, 0.2) is 0 Å². The van der Waals surface area contributed by atoms with Crippen molar-refractivity contribution < 1.29 is 19.4 Å². The highest BCUT2D eigenvalue weighted by molar-refractivity contribution is 5.74. The molecule has 2 N–H and O–H groups in total. The Hall–Kier alpha value is -1.10. The van der Waals surface area contributed by atoms with E-state index in [2.05, 4.69) is 19.2 Å². The lowest BCUT2D eigenvalue weighted by molar-refractivity contribution is -0.151. The van der Waals surface area contributed by atoms with Gasteiger partial charge in [0, 0.05) is 6.04 Å². The van der Waals surface area contributed by atoms with Crippen LogP contribution in [0.4, 0.5) is 0 Å². The van der Waals surface area contributed by atoms with E-state index < -0.39 is 12.0 Å². The number of esters is 1. The van der Waals surface area contributed by atoms with E-state index in [1.54, 1.807) is 0 Å². The molecule has 122 valence electrons. The van der Waals surface area contributed by atoms with E-state index in [0.717, 1.165) is 32.1 Å². The number of aliphatic carboxylic acids is 1. The average molecular weight is 299 g/mol. The molecule has 0 aromatic heterocycles. The van der Waals surface area contributed by atoms with Gasteiger partial charge in [-0.1, -0.05) is 26.7 Å². The molecular formula is C16H29NO4. The number of carbonyl (C=O) groups is 2. The average Bonchev–Trinajstić information content (AvgIpc) is 2.43. The Labute approximate surface area is 127 Å². The number of carbonyl (C=O) groups excluding carboxylic acids is 1. The zero-order valence-electron chi connectivity index (χ0n) is 13.4. The van der Waals surface area contributed by atoms with Crippen molar-refractivity contribution in [2.45, 2.75) is 71.4 Å². The maximum absolute atomic E-state index is 11.9. The van der Waals surface area contributed by atoms with E-state index in [0.29, 0.717) is 13.0 Å². The zero-order chi connectivity index (χ0) is 15.8. The van der Waals surface area contributed by atoms with E-state index in [1.165, 1.54) is 0 Å². The largest absolute Gasteiger partial charge is 0.480 e. The van der Waals surface area contributed by atoms with Crippen molar-refractivity contribution >= 4 is 11.9 Å². The summed E-state index contributed by atoms with van der Waals surface area (Å²) in [5.41, 5.74) is 0. The summed E-state index contributed by atoms with van der Waals surface area (Å²) in [6.07, 6.45) is 5.02. The molecule has 0 amide bonds. The summed E-state index contributed by atoms with van der Waals surface area (Å²) in [6.45, 7) is 6.35. The molecule has 1 fully saturated rings. The van der Waals surface area contributed by atoms with E-state index in [1.807, 2.05) is 6.92 Å². The van der Waals surface area contributed by atoms with Crippen molar-refractivity contribution in [2.75, 3.05) is 6.61 Å². The van der Waals surface area contributed by atoms with Crippen molar-refractivity contribution in [3.8, 4) is 0 Å². The molecule has 0 aromatic carbocycles. The van der Waals surface area contributed by atoms with E-state index in [4.69, 9.17) is 4.74 Å². The van der Waals surface area contributed by atoms with E-state index >= 15 is 0 Å². The van der Waals surface area contributed by atoms with Crippen LogP contribution in [0.3, 0.4) is 0 Å². The first-order chi connectivity index (χ1) is 9.99. The lowest BCUT2D eigenvalue weighted by atomic mass is 9.77. The summed E-state index contributed by atoms with van der Waals surface area (Å²) in [6, 6.07) is -0.287. The molecule has 0 saturated heterocycles. The van der Waals surface area contributed by atoms with Gasteiger partial charge in [0.2, 0.25) is 0 Å². The number of ether oxygens (including phenoxy) is 1. The molecular weight excluding hydrogens is 270 g/mol. The molecule has 4 unspecified atom stereocenters. The van der Waals surface area contributed by atoms with Crippen LogP contribution in [0.25, 0.3) is 0 Å². The third-order valence-corrected chi connectivity index (χ3v) is 4.34. The van der Waals surface area contributed by atoms with Crippen LogP contribution in [0.5, 0.6) is 0 Å². The number of nitrogens with one attached hydrogen (secondary N) is 1. The van der Waals surface area contributed by atoms with Crippen molar-refractivity contribution in [1.82, 2.24) is 5.32 Å². The summed E-state index contributed by atoms with van der Waals surface area (Å²) in [7, 11) is 0. The van der Waals surface area contributed by atoms with E-state index in [9.17, 15) is 14.7 Å². The SMILES string of the molecule is CCCCC(NC1CCC(C(=O)OCC)C(C)C1)C(=O)O. The molecule has 1 rings (SSSR count). The fourth-order valence-electron chi connectivity index (χ4n) is 3.12. The number of unbranched alkanes of at least 4 members (excludes halogenated alkanes) is 1. The van der Waals surface area contributed by atoms with Crippen molar-refractivity contribution in [2.24, 2.45) is 11.8 Å². The molecule has 1 aliphatic rings. The molecule has 4 atom stereocenters. The van der Waals surface area contributed by atoms with Crippen LogP contribution >= 0.6 is 0 Å². The molecule has 0 heterocycles. The first kappa shape index (κ1) is 18.0. The van der Waals surface area contributed by atoms with Gasteiger partial charge in [-0.2, -0.15) is 0 Å². The Morgan fingerprint density at radius 3 is 2.57 bits per heavy atom. The predicted molar refractivity (Wildman–Crippen MR) is 81.0 cm³/mol. The topological polar surface area (TPSA) is 75.6 Å². The fraction of sp³-hybridized carbons (Fsp3) is 0.875. The molecule has 21 heavy (non-hydrogen) atoms. The minimum absolute atomic E-state index is 0.0399. The Morgan fingerprint density at radius 1 is 1.33 bits per heavy atom. The van der Waals surface area contributed by atoms with Gasteiger partial charge in [0.05, 0.1) is 12.5 Å². The quantitative estimate of drug-likeness (QED) is 0.674. The van der Waals surface area contributed by atoms with Gasteiger partial charge < -0.3 is 15.2 Å². The maximum atomic E-state index is 11.9. The second kappa shape index (κ2) is 9.03. The summed E-state index contributed by atoms with van der Waals surface area (Å²) in [4.78, 5) is 23.1. The highest BCUT2D eigenvalue weighted by atomic mass is 16.5. The standard InChI is InChI=1S/C16H29NO4/c1-4-6-7-14(15(18)19)17-12-8-9-13(11(3)10-12)16(20)21-5-2/h11-14,17H,4-10H2,1-3H3,(H,18,19). The fourth-order valence-corrected chi connectivity index (χ4v) is 3.12. The number of hydrogen-bond acceptors (Lipinski definition) is 4. The van der Waals surface area contributed by atoms with Crippen LogP contribution in [-0.2, 0) is 14.3 Å². The molecule has 0 spiro atoms. The van der Waals surface area contributed by atoms with Crippen molar-refractivity contribution in [1.29, 1.82) is 0 Å². The van der Waals surface area contributed by atoms with Gasteiger partial charge in [-0.15, -0.1) is 0 Å². The first-order valence-corrected chi connectivity index (χ1v) is 8.15. The highest BCUT2D eigenvalue weighted by Crippen LogP contribution is 2.31. The lowest BCUT2D eigenvalue weighted by Gasteiger charge is -2.34. The van der Waals surface area contributed by atoms with Gasteiger partial charge in [-0.3, -0.25) is 9.59 Å². The van der Waals surface area contributed by atoms with Crippen molar-refractivity contribution in [3.63, 3.8) is 0 Å². The van der Waals surface area contributed by atoms with Gasteiger partial charge in [0.25, 0.3) is 0 Å². The van der Waals surface area contributed by atoms with Crippen LogP contribution in [0, 0.1) is 11.8 Å². The second-order valence-electron chi connectivity index (χ2n) is 6.05. The minimum atomic E-state index is -0.774. The van der Waals surface area contributed by atoms with Crippen LogP contribution in [-0.4, -0.2) is 35.7 Å². The minimum Gasteiger partial charge on any atom is -0.480 e. The van der Waals surface area contributed by atoms with Crippen LogP contribution in [0.2, 0.25) is 0 Å². The van der Waals surface area contributed by atoms with Gasteiger partial charge in [-0.05, 0) is 38.5 Å². The summed E-state index contributed by atoms with van der Waals surface area (Å²) >= 11 is 0. The third-order valence-electron chi connectivity index (χ3n) is 4.34. The molecule has 5 heteroatoms. The van der Waals surface area contributed by atoms with Crippen molar-refractivity contribution in [3.05, 3.63) is 0 Å². The second-order valence-corrected chi connectivity index (χ2v) is 6.05. The highest BCUT2D eigenvalue weighted by Gasteiger charge is 2.34. The first-order valence-electron chi connectivity index (χ1n) is 8.15. The molecule has 0 bridgehead atoms. The number of carboxylic acids is 1.